The number of ether oxygens (including phenoxy) is 2. The number of carbonyl (C=O) groups excluding carboxylic acids is 2. The van der Waals surface area contributed by atoms with Gasteiger partial charge in [-0.25, -0.2) is 0 Å². The zero-order valence-electron chi connectivity index (χ0n) is 16.4. The van der Waals surface area contributed by atoms with E-state index in [-0.39, 0.29) is 25.2 Å². The number of nitrogens with one attached hydrogen (secondary N) is 2. The summed E-state index contributed by atoms with van der Waals surface area (Å²) in [4.78, 5) is 23.5. The van der Waals surface area contributed by atoms with Crippen LogP contribution in [0.2, 0.25) is 0 Å². The summed E-state index contributed by atoms with van der Waals surface area (Å²) in [5.74, 6) is 0.970. The zero-order valence-corrected chi connectivity index (χ0v) is 16.4. The number of rotatable bonds is 7. The Balaban J connectivity index is 1.69. The highest BCUT2D eigenvalue weighted by Crippen LogP contribution is 2.34. The van der Waals surface area contributed by atoms with Crippen LogP contribution < -0.4 is 20.1 Å². The van der Waals surface area contributed by atoms with Crippen LogP contribution in [0.1, 0.15) is 30.3 Å². The van der Waals surface area contributed by atoms with E-state index in [4.69, 9.17) is 9.47 Å². The van der Waals surface area contributed by atoms with Crippen molar-refractivity contribution in [2.75, 3.05) is 19.9 Å². The summed E-state index contributed by atoms with van der Waals surface area (Å²) < 4.78 is 12.9. The molecule has 2 N–H and O–H groups in total. The van der Waals surface area contributed by atoms with E-state index in [1.807, 2.05) is 45.0 Å². The largest absolute Gasteiger partial charge is 0.454 e. The van der Waals surface area contributed by atoms with Crippen molar-refractivity contribution in [1.29, 1.82) is 0 Å². The maximum atomic E-state index is 12.0. The molecule has 0 spiro atoms. The lowest BCUT2D eigenvalue weighted by atomic mass is 10.2. The number of fused-ring (bicyclic) bond motifs is 1. The molecule has 28 heavy (non-hydrogen) atoms. The molecule has 1 aliphatic rings. The lowest BCUT2D eigenvalue weighted by molar-refractivity contribution is -0.123. The molecule has 1 aromatic carbocycles. The topological polar surface area (TPSA) is 81.6 Å². The molecule has 2 aromatic rings. The second kappa shape index (κ2) is 8.65. The van der Waals surface area contributed by atoms with Gasteiger partial charge in [0.05, 0.1) is 6.54 Å². The predicted molar refractivity (Wildman–Crippen MR) is 107 cm³/mol. The maximum absolute atomic E-state index is 12.0. The summed E-state index contributed by atoms with van der Waals surface area (Å²) in [6.45, 7) is 6.79. The second-order valence-corrected chi connectivity index (χ2v) is 6.60. The van der Waals surface area contributed by atoms with Gasteiger partial charge < -0.3 is 24.7 Å². The van der Waals surface area contributed by atoms with E-state index < -0.39 is 0 Å². The first-order chi connectivity index (χ1) is 13.5. The highest BCUT2D eigenvalue weighted by molar-refractivity contribution is 5.94. The molecule has 7 nitrogen and oxygen atoms in total. The van der Waals surface area contributed by atoms with Gasteiger partial charge in [0, 0.05) is 35.8 Å². The van der Waals surface area contributed by atoms with E-state index in [9.17, 15) is 9.59 Å². The Bertz CT molecular complexity index is 915. The summed E-state index contributed by atoms with van der Waals surface area (Å²) >= 11 is 0. The lowest BCUT2D eigenvalue weighted by Crippen LogP contribution is -2.36. The number of aryl methyl sites for hydroxylation is 1. The molecule has 0 fully saturated rings. The van der Waals surface area contributed by atoms with Crippen molar-refractivity contribution in [3.05, 3.63) is 47.3 Å². The van der Waals surface area contributed by atoms with Crippen LogP contribution in [0.15, 0.2) is 30.3 Å². The highest BCUT2D eigenvalue weighted by atomic mass is 16.7. The van der Waals surface area contributed by atoms with Crippen LogP contribution in [-0.2, 0) is 9.59 Å². The third kappa shape index (κ3) is 4.36. The van der Waals surface area contributed by atoms with E-state index in [1.165, 1.54) is 6.08 Å². The maximum Gasteiger partial charge on any atom is 0.244 e. The van der Waals surface area contributed by atoms with Gasteiger partial charge in [0.25, 0.3) is 0 Å². The fourth-order valence-electron chi connectivity index (χ4n) is 3.10. The van der Waals surface area contributed by atoms with Crippen molar-refractivity contribution in [3.8, 4) is 17.2 Å². The van der Waals surface area contributed by atoms with E-state index in [2.05, 4.69) is 15.2 Å². The standard InChI is InChI=1S/C21H25N3O4/c1-4-9-22-21(26)12-23-20(25)8-5-16-10-14(2)24(15(16)3)17-6-7-18-19(11-17)28-13-27-18/h5-8,10-11H,4,9,12-13H2,1-3H3,(H,22,26)(H,23,25)/b8-5+. The van der Waals surface area contributed by atoms with Gasteiger partial charge in [-0.1, -0.05) is 6.92 Å². The molecule has 0 saturated heterocycles. The van der Waals surface area contributed by atoms with E-state index >= 15 is 0 Å². The number of aromatic nitrogens is 1. The number of hydrogen-bond acceptors (Lipinski definition) is 4. The van der Waals surface area contributed by atoms with Crippen LogP contribution in [0.5, 0.6) is 11.5 Å². The average Bonchev–Trinajstić information content (AvgIpc) is 3.26. The van der Waals surface area contributed by atoms with Gasteiger partial charge in [0.15, 0.2) is 11.5 Å². The molecule has 0 bridgehead atoms. The molecule has 1 aromatic heterocycles. The van der Waals surface area contributed by atoms with Crippen LogP contribution in [0.4, 0.5) is 0 Å². The first-order valence-electron chi connectivity index (χ1n) is 9.31. The summed E-state index contributed by atoms with van der Waals surface area (Å²) in [7, 11) is 0. The van der Waals surface area contributed by atoms with Gasteiger partial charge in [0.2, 0.25) is 18.6 Å². The molecular formula is C21H25N3O4. The quantitative estimate of drug-likeness (QED) is 0.720. The highest BCUT2D eigenvalue weighted by Gasteiger charge is 2.16. The molecule has 3 rings (SSSR count). The lowest BCUT2D eigenvalue weighted by Gasteiger charge is -2.10. The third-order valence-corrected chi connectivity index (χ3v) is 4.49. The van der Waals surface area contributed by atoms with Crippen molar-refractivity contribution in [3.63, 3.8) is 0 Å². The monoisotopic (exact) mass is 383 g/mol. The second-order valence-electron chi connectivity index (χ2n) is 6.60. The molecule has 0 atom stereocenters. The van der Waals surface area contributed by atoms with Crippen molar-refractivity contribution in [1.82, 2.24) is 15.2 Å². The van der Waals surface area contributed by atoms with Crippen molar-refractivity contribution in [2.24, 2.45) is 0 Å². The van der Waals surface area contributed by atoms with Crippen LogP contribution in [0.3, 0.4) is 0 Å². The minimum atomic E-state index is -0.306. The zero-order chi connectivity index (χ0) is 20.1. The molecule has 148 valence electrons. The molecule has 2 amide bonds. The van der Waals surface area contributed by atoms with Crippen molar-refractivity contribution >= 4 is 17.9 Å². The number of hydrogen-bond donors (Lipinski definition) is 2. The minimum absolute atomic E-state index is 0.0284. The Morgan fingerprint density at radius 3 is 2.71 bits per heavy atom. The molecule has 7 heteroatoms. The van der Waals surface area contributed by atoms with E-state index in [0.717, 1.165) is 40.6 Å². The van der Waals surface area contributed by atoms with Crippen molar-refractivity contribution in [2.45, 2.75) is 27.2 Å². The van der Waals surface area contributed by atoms with Crippen LogP contribution in [0.25, 0.3) is 11.8 Å². The van der Waals surface area contributed by atoms with E-state index in [1.54, 1.807) is 6.08 Å². The SMILES string of the molecule is CCCNC(=O)CNC(=O)/C=C/c1cc(C)n(-c2ccc3c(c2)OCO3)c1C. The summed E-state index contributed by atoms with van der Waals surface area (Å²) in [6, 6.07) is 7.82. The third-order valence-electron chi connectivity index (χ3n) is 4.49. The normalized spacial score (nSPS) is 12.4. The first-order valence-corrected chi connectivity index (χ1v) is 9.31. The molecule has 0 radical (unpaired) electrons. The van der Waals surface area contributed by atoms with Gasteiger partial charge in [-0.05, 0) is 50.1 Å². The molecule has 0 aliphatic carbocycles. The van der Waals surface area contributed by atoms with Gasteiger partial charge in [-0.3, -0.25) is 9.59 Å². The smallest absolute Gasteiger partial charge is 0.244 e. The Hall–Kier alpha value is -3.22. The summed E-state index contributed by atoms with van der Waals surface area (Å²) in [5.41, 5.74) is 3.94. The van der Waals surface area contributed by atoms with Gasteiger partial charge in [0.1, 0.15) is 0 Å². The average molecular weight is 383 g/mol. The molecule has 0 unspecified atom stereocenters. The predicted octanol–water partition coefficient (Wildman–Crippen LogP) is 2.48. The van der Waals surface area contributed by atoms with Crippen LogP contribution in [0, 0.1) is 13.8 Å². The Morgan fingerprint density at radius 1 is 1.14 bits per heavy atom. The van der Waals surface area contributed by atoms with Crippen molar-refractivity contribution < 1.29 is 19.1 Å². The molecule has 0 saturated carbocycles. The number of amides is 2. The van der Waals surface area contributed by atoms with E-state index in [0.29, 0.717) is 6.54 Å². The minimum Gasteiger partial charge on any atom is -0.454 e. The number of nitrogens with zero attached hydrogens (tertiary/aromatic N) is 1. The number of carbonyl (C=O) groups is 2. The first kappa shape index (κ1) is 19.5. The Morgan fingerprint density at radius 2 is 1.93 bits per heavy atom. The fourth-order valence-corrected chi connectivity index (χ4v) is 3.10. The summed E-state index contributed by atoms with van der Waals surface area (Å²) in [6.07, 6.45) is 4.06. The van der Waals surface area contributed by atoms with Crippen LogP contribution >= 0.6 is 0 Å². The van der Waals surface area contributed by atoms with Gasteiger partial charge in [-0.2, -0.15) is 0 Å². The summed E-state index contributed by atoms with van der Waals surface area (Å²) in [5, 5.41) is 5.30. The Kier molecular flexibility index (Phi) is 6.03. The van der Waals surface area contributed by atoms with Crippen LogP contribution in [-0.4, -0.2) is 36.3 Å². The molecular weight excluding hydrogens is 358 g/mol. The fraction of sp³-hybridized carbons (Fsp3) is 0.333. The van der Waals surface area contributed by atoms with Gasteiger partial charge >= 0.3 is 0 Å². The van der Waals surface area contributed by atoms with Gasteiger partial charge in [-0.15, -0.1) is 0 Å². The Labute approximate surface area is 164 Å². The number of benzene rings is 1. The molecule has 2 heterocycles. The molecule has 1 aliphatic heterocycles.